The molecule has 1 aromatic heterocycles. The first-order valence-corrected chi connectivity index (χ1v) is 4.24. The number of rotatable bonds is 1. The molecule has 1 aliphatic rings. The van der Waals surface area contributed by atoms with E-state index < -0.39 is 11.2 Å². The molecule has 1 heterocycles. The van der Waals surface area contributed by atoms with Gasteiger partial charge in [0.1, 0.15) is 0 Å². The third-order valence-electron chi connectivity index (χ3n) is 2.47. The molecule has 0 aromatic carbocycles. The van der Waals surface area contributed by atoms with Gasteiger partial charge in [-0.25, -0.2) is 4.79 Å². The van der Waals surface area contributed by atoms with Gasteiger partial charge in [-0.1, -0.05) is 6.42 Å². The maximum Gasteiger partial charge on any atom is 0.328 e. The van der Waals surface area contributed by atoms with E-state index in [2.05, 4.69) is 9.97 Å². The Labute approximate surface area is 73.4 Å². The summed E-state index contributed by atoms with van der Waals surface area (Å²) in [5.41, 5.74) is -0.803. The van der Waals surface area contributed by atoms with Crippen molar-refractivity contribution in [3.05, 3.63) is 26.4 Å². The summed E-state index contributed by atoms with van der Waals surface area (Å²) in [4.78, 5) is 26.3. The molecule has 1 saturated carbocycles. The molecular weight excluding hydrogens is 172 g/mol. The summed E-state index contributed by atoms with van der Waals surface area (Å²) in [5, 5.41) is 9.33. The van der Waals surface area contributed by atoms with Crippen molar-refractivity contribution in [2.45, 2.75) is 25.2 Å². The standard InChI is InChI=1S/C8H10N2O3/c11-6-5(4-2-1-3-4)7(12)10-8(13)9-6/h4H,1-3H2,(H3,9,10,11,12,13). The SMILES string of the molecule is O=c1[nH]c(O)c(C2CCC2)c(=O)[nH]1. The summed E-state index contributed by atoms with van der Waals surface area (Å²) in [6.07, 6.45) is 2.88. The molecule has 0 saturated heterocycles. The topological polar surface area (TPSA) is 85.9 Å². The fourth-order valence-corrected chi connectivity index (χ4v) is 1.56. The molecule has 1 aliphatic carbocycles. The van der Waals surface area contributed by atoms with Crippen molar-refractivity contribution in [2.75, 3.05) is 0 Å². The maximum absolute atomic E-state index is 11.3. The Bertz CT molecular complexity index is 428. The number of aromatic amines is 2. The van der Waals surface area contributed by atoms with E-state index in [0.29, 0.717) is 5.56 Å². The minimum atomic E-state index is -0.662. The van der Waals surface area contributed by atoms with Crippen LogP contribution in [0, 0.1) is 0 Å². The fourth-order valence-electron chi connectivity index (χ4n) is 1.56. The van der Waals surface area contributed by atoms with Gasteiger partial charge in [-0.3, -0.25) is 14.8 Å². The van der Waals surface area contributed by atoms with Gasteiger partial charge in [-0.2, -0.15) is 0 Å². The van der Waals surface area contributed by atoms with Crippen LogP contribution in [-0.4, -0.2) is 15.1 Å². The lowest BCUT2D eigenvalue weighted by Gasteiger charge is -2.24. The molecule has 0 atom stereocenters. The van der Waals surface area contributed by atoms with Gasteiger partial charge in [0.15, 0.2) is 0 Å². The van der Waals surface area contributed by atoms with Crippen molar-refractivity contribution in [1.82, 2.24) is 9.97 Å². The summed E-state index contributed by atoms with van der Waals surface area (Å²) in [5.74, 6) is -0.168. The Balaban J connectivity index is 2.55. The Morgan fingerprint density at radius 2 is 1.92 bits per heavy atom. The lowest BCUT2D eigenvalue weighted by atomic mass is 9.81. The molecule has 13 heavy (non-hydrogen) atoms. The van der Waals surface area contributed by atoms with Crippen LogP contribution in [0.1, 0.15) is 30.7 Å². The average Bonchev–Trinajstić information content (AvgIpc) is 1.92. The van der Waals surface area contributed by atoms with Gasteiger partial charge in [0, 0.05) is 0 Å². The lowest BCUT2D eigenvalue weighted by molar-refractivity contribution is 0.378. The Kier molecular flexibility index (Phi) is 1.72. The zero-order chi connectivity index (χ0) is 9.42. The van der Waals surface area contributed by atoms with E-state index >= 15 is 0 Å². The molecule has 0 radical (unpaired) electrons. The van der Waals surface area contributed by atoms with E-state index in [9.17, 15) is 14.7 Å². The summed E-state index contributed by atoms with van der Waals surface area (Å²) < 4.78 is 0. The first kappa shape index (κ1) is 8.10. The van der Waals surface area contributed by atoms with E-state index in [0.717, 1.165) is 19.3 Å². The number of hydrogen-bond donors (Lipinski definition) is 3. The van der Waals surface area contributed by atoms with Gasteiger partial charge in [0.05, 0.1) is 5.56 Å². The van der Waals surface area contributed by atoms with E-state index in [4.69, 9.17) is 0 Å². The molecule has 0 spiro atoms. The molecular formula is C8H10N2O3. The van der Waals surface area contributed by atoms with Crippen LogP contribution in [0.25, 0.3) is 0 Å². The van der Waals surface area contributed by atoms with Crippen LogP contribution in [0.5, 0.6) is 5.88 Å². The number of aromatic nitrogens is 2. The Morgan fingerprint density at radius 1 is 1.23 bits per heavy atom. The van der Waals surface area contributed by atoms with Crippen molar-refractivity contribution in [3.63, 3.8) is 0 Å². The van der Waals surface area contributed by atoms with Gasteiger partial charge in [0.25, 0.3) is 5.56 Å². The molecule has 3 N–H and O–H groups in total. The van der Waals surface area contributed by atoms with Crippen molar-refractivity contribution in [1.29, 1.82) is 0 Å². The molecule has 1 aromatic rings. The molecule has 5 heteroatoms. The smallest absolute Gasteiger partial charge is 0.328 e. The second-order valence-corrected chi connectivity index (χ2v) is 3.30. The highest BCUT2D eigenvalue weighted by atomic mass is 16.3. The predicted molar refractivity (Wildman–Crippen MR) is 45.9 cm³/mol. The van der Waals surface area contributed by atoms with Gasteiger partial charge < -0.3 is 5.11 Å². The van der Waals surface area contributed by atoms with Gasteiger partial charge in [0.2, 0.25) is 5.88 Å². The zero-order valence-electron chi connectivity index (χ0n) is 6.96. The Hall–Kier alpha value is -1.52. The maximum atomic E-state index is 11.3. The molecule has 0 bridgehead atoms. The first-order chi connectivity index (χ1) is 6.18. The minimum Gasteiger partial charge on any atom is -0.494 e. The van der Waals surface area contributed by atoms with E-state index in [1.807, 2.05) is 0 Å². The van der Waals surface area contributed by atoms with Crippen molar-refractivity contribution in [3.8, 4) is 5.88 Å². The van der Waals surface area contributed by atoms with Gasteiger partial charge >= 0.3 is 5.69 Å². The third-order valence-corrected chi connectivity index (χ3v) is 2.47. The molecule has 5 nitrogen and oxygen atoms in total. The summed E-state index contributed by atoms with van der Waals surface area (Å²) in [6, 6.07) is 0. The largest absolute Gasteiger partial charge is 0.494 e. The molecule has 0 unspecified atom stereocenters. The van der Waals surface area contributed by atoms with Crippen molar-refractivity contribution >= 4 is 0 Å². The number of nitrogens with one attached hydrogen (secondary N) is 2. The Morgan fingerprint density at radius 3 is 2.38 bits per heavy atom. The zero-order valence-corrected chi connectivity index (χ0v) is 6.96. The predicted octanol–water partition coefficient (Wildman–Crippen LogP) is 0.0363. The van der Waals surface area contributed by atoms with Crippen molar-refractivity contribution in [2.24, 2.45) is 0 Å². The van der Waals surface area contributed by atoms with Crippen LogP contribution in [0.3, 0.4) is 0 Å². The lowest BCUT2D eigenvalue weighted by Crippen LogP contribution is -2.28. The molecule has 2 rings (SSSR count). The van der Waals surface area contributed by atoms with E-state index in [1.54, 1.807) is 0 Å². The van der Waals surface area contributed by atoms with E-state index in [1.165, 1.54) is 0 Å². The summed E-state index contributed by atoms with van der Waals surface area (Å²) in [7, 11) is 0. The third kappa shape index (κ3) is 1.26. The first-order valence-electron chi connectivity index (χ1n) is 4.24. The highest BCUT2D eigenvalue weighted by Crippen LogP contribution is 2.36. The van der Waals surface area contributed by atoms with Gasteiger partial charge in [-0.15, -0.1) is 0 Å². The summed E-state index contributed by atoms with van der Waals surface area (Å²) in [6.45, 7) is 0. The van der Waals surface area contributed by atoms with E-state index in [-0.39, 0.29) is 11.8 Å². The second kappa shape index (κ2) is 2.76. The second-order valence-electron chi connectivity index (χ2n) is 3.30. The van der Waals surface area contributed by atoms with Crippen LogP contribution < -0.4 is 11.2 Å². The van der Waals surface area contributed by atoms with Gasteiger partial charge in [-0.05, 0) is 18.8 Å². The van der Waals surface area contributed by atoms with Crippen molar-refractivity contribution < 1.29 is 5.11 Å². The number of hydrogen-bond acceptors (Lipinski definition) is 3. The highest BCUT2D eigenvalue weighted by molar-refractivity contribution is 5.26. The number of aromatic hydroxyl groups is 1. The molecule has 1 fully saturated rings. The normalized spacial score (nSPS) is 16.9. The van der Waals surface area contributed by atoms with Crippen LogP contribution in [0.15, 0.2) is 9.59 Å². The highest BCUT2D eigenvalue weighted by Gasteiger charge is 2.25. The summed E-state index contributed by atoms with van der Waals surface area (Å²) >= 11 is 0. The fraction of sp³-hybridized carbons (Fsp3) is 0.500. The average molecular weight is 182 g/mol. The number of H-pyrrole nitrogens is 2. The molecule has 0 amide bonds. The molecule has 0 aliphatic heterocycles. The van der Waals surface area contributed by atoms with Crippen LogP contribution in [0.2, 0.25) is 0 Å². The van der Waals surface area contributed by atoms with Crippen LogP contribution >= 0.6 is 0 Å². The molecule has 70 valence electrons. The van der Waals surface area contributed by atoms with Crippen LogP contribution in [0.4, 0.5) is 0 Å². The monoisotopic (exact) mass is 182 g/mol. The minimum absolute atomic E-state index is 0.112. The van der Waals surface area contributed by atoms with Crippen LogP contribution in [-0.2, 0) is 0 Å². The quantitative estimate of drug-likeness (QED) is 0.573.